The zero-order valence-corrected chi connectivity index (χ0v) is 9.64. The maximum atomic E-state index is 4.04. The van der Waals surface area contributed by atoms with E-state index in [0.29, 0.717) is 0 Å². The van der Waals surface area contributed by atoms with Crippen molar-refractivity contribution >= 4 is 0 Å². The minimum Gasteiger partial charge on any atom is -0.305 e. The lowest BCUT2D eigenvalue weighted by Gasteiger charge is -2.13. The van der Waals surface area contributed by atoms with Gasteiger partial charge in [0.25, 0.3) is 0 Å². The molecule has 0 unspecified atom stereocenters. The third-order valence-corrected chi connectivity index (χ3v) is 2.40. The molecule has 0 N–H and O–H groups in total. The molecule has 0 aliphatic carbocycles. The molecule has 0 saturated heterocycles. The van der Waals surface area contributed by atoms with Crippen LogP contribution in [0.1, 0.15) is 5.56 Å². The number of aromatic nitrogens is 1. The largest absolute Gasteiger partial charge is 0.305 e. The Bertz CT molecular complexity index is 449. The highest BCUT2D eigenvalue weighted by molar-refractivity contribution is 5.65. The van der Waals surface area contributed by atoms with E-state index in [1.807, 2.05) is 12.1 Å². The van der Waals surface area contributed by atoms with Crippen LogP contribution in [0, 0.1) is 6.20 Å². The second-order valence-corrected chi connectivity index (χ2v) is 4.06. The van der Waals surface area contributed by atoms with E-state index in [1.165, 1.54) is 11.1 Å². The topological polar surface area (TPSA) is 16.1 Å². The molecular formula is C14H15N2. The van der Waals surface area contributed by atoms with Gasteiger partial charge in [-0.05, 0) is 31.3 Å². The predicted molar refractivity (Wildman–Crippen MR) is 65.9 cm³/mol. The summed E-state index contributed by atoms with van der Waals surface area (Å²) in [5.74, 6) is 0. The number of benzene rings is 1. The Morgan fingerprint density at radius 1 is 1.12 bits per heavy atom. The Morgan fingerprint density at radius 3 is 2.62 bits per heavy atom. The van der Waals surface area contributed by atoms with Crippen molar-refractivity contribution in [1.29, 1.82) is 0 Å². The van der Waals surface area contributed by atoms with Crippen molar-refractivity contribution in [1.82, 2.24) is 9.88 Å². The molecule has 16 heavy (non-hydrogen) atoms. The van der Waals surface area contributed by atoms with E-state index < -0.39 is 0 Å². The molecule has 0 fully saturated rings. The second-order valence-electron chi connectivity index (χ2n) is 4.06. The lowest BCUT2D eigenvalue weighted by Crippen LogP contribution is -2.11. The molecule has 2 nitrogen and oxygen atoms in total. The molecule has 1 aromatic heterocycles. The summed E-state index contributed by atoms with van der Waals surface area (Å²) in [5.41, 5.74) is 3.57. The normalized spacial score (nSPS) is 10.7. The van der Waals surface area contributed by atoms with Crippen molar-refractivity contribution < 1.29 is 0 Å². The number of rotatable bonds is 3. The third-order valence-electron chi connectivity index (χ3n) is 2.40. The summed E-state index contributed by atoms with van der Waals surface area (Å²) in [6, 6.07) is 12.4. The van der Waals surface area contributed by atoms with Crippen LogP contribution >= 0.6 is 0 Å². The van der Waals surface area contributed by atoms with Gasteiger partial charge in [-0.3, -0.25) is 4.98 Å². The molecule has 2 rings (SSSR count). The lowest BCUT2D eigenvalue weighted by molar-refractivity contribution is 0.403. The Hall–Kier alpha value is -1.67. The quantitative estimate of drug-likeness (QED) is 0.775. The van der Waals surface area contributed by atoms with Crippen LogP contribution in [-0.4, -0.2) is 24.0 Å². The maximum absolute atomic E-state index is 4.04. The average molecular weight is 211 g/mol. The molecular weight excluding hydrogens is 196 g/mol. The van der Waals surface area contributed by atoms with Crippen molar-refractivity contribution in [2.75, 3.05) is 14.1 Å². The van der Waals surface area contributed by atoms with Crippen LogP contribution in [0.25, 0.3) is 11.1 Å². The monoisotopic (exact) mass is 211 g/mol. The highest BCUT2D eigenvalue weighted by atomic mass is 15.0. The van der Waals surface area contributed by atoms with E-state index in [0.717, 1.165) is 12.1 Å². The van der Waals surface area contributed by atoms with E-state index in [2.05, 4.69) is 54.4 Å². The van der Waals surface area contributed by atoms with Crippen molar-refractivity contribution in [3.8, 4) is 11.1 Å². The van der Waals surface area contributed by atoms with Crippen molar-refractivity contribution in [3.05, 3.63) is 54.4 Å². The van der Waals surface area contributed by atoms with Gasteiger partial charge in [-0.2, -0.15) is 0 Å². The number of hydrogen-bond donors (Lipinski definition) is 0. The van der Waals surface area contributed by atoms with Crippen LogP contribution in [0.5, 0.6) is 0 Å². The van der Waals surface area contributed by atoms with E-state index >= 15 is 0 Å². The Morgan fingerprint density at radius 2 is 1.94 bits per heavy atom. The zero-order valence-electron chi connectivity index (χ0n) is 9.64. The van der Waals surface area contributed by atoms with Gasteiger partial charge in [0, 0.05) is 18.3 Å². The molecule has 0 spiro atoms. The van der Waals surface area contributed by atoms with E-state index in [1.54, 1.807) is 6.20 Å². The molecule has 81 valence electrons. The van der Waals surface area contributed by atoms with Gasteiger partial charge in [0.2, 0.25) is 0 Å². The fourth-order valence-electron chi connectivity index (χ4n) is 1.74. The fraction of sp³-hybridized carbons (Fsp3) is 0.214. The summed E-state index contributed by atoms with van der Waals surface area (Å²) < 4.78 is 0. The number of pyridine rings is 1. The van der Waals surface area contributed by atoms with E-state index in [4.69, 9.17) is 0 Å². The van der Waals surface area contributed by atoms with E-state index in [9.17, 15) is 0 Å². The van der Waals surface area contributed by atoms with Crippen molar-refractivity contribution in [2.45, 2.75) is 6.54 Å². The van der Waals surface area contributed by atoms with Crippen LogP contribution in [0.3, 0.4) is 0 Å². The van der Waals surface area contributed by atoms with Crippen LogP contribution < -0.4 is 0 Å². The molecule has 0 saturated carbocycles. The molecule has 1 heterocycles. The Labute approximate surface area is 96.6 Å². The first-order valence-corrected chi connectivity index (χ1v) is 5.33. The van der Waals surface area contributed by atoms with Gasteiger partial charge in [-0.1, -0.05) is 30.3 Å². The number of nitrogens with zero attached hydrogens (tertiary/aromatic N) is 2. The smallest absolute Gasteiger partial charge is 0.0970 e. The summed E-state index contributed by atoms with van der Waals surface area (Å²) in [4.78, 5) is 6.20. The minimum atomic E-state index is 0.929. The molecule has 1 aromatic carbocycles. The SMILES string of the molecule is CN(C)Cc1ccccc1-c1[c]nccc1. The Kier molecular flexibility index (Phi) is 3.32. The van der Waals surface area contributed by atoms with Crippen LogP contribution in [-0.2, 0) is 6.54 Å². The highest BCUT2D eigenvalue weighted by Crippen LogP contribution is 2.22. The molecule has 0 aliphatic rings. The molecule has 1 radical (unpaired) electrons. The van der Waals surface area contributed by atoms with Gasteiger partial charge in [0.05, 0.1) is 6.20 Å². The first-order valence-electron chi connectivity index (χ1n) is 5.33. The summed E-state index contributed by atoms with van der Waals surface area (Å²) in [6.07, 6.45) is 4.78. The predicted octanol–water partition coefficient (Wildman–Crippen LogP) is 2.61. The average Bonchev–Trinajstić information content (AvgIpc) is 2.30. The summed E-state index contributed by atoms with van der Waals surface area (Å²) >= 11 is 0. The highest BCUT2D eigenvalue weighted by Gasteiger charge is 2.05. The van der Waals surface area contributed by atoms with Crippen molar-refractivity contribution in [3.63, 3.8) is 0 Å². The molecule has 0 aliphatic heterocycles. The first kappa shape index (κ1) is 10.8. The van der Waals surface area contributed by atoms with Gasteiger partial charge in [0.1, 0.15) is 0 Å². The lowest BCUT2D eigenvalue weighted by atomic mass is 10.0. The molecule has 0 atom stereocenters. The number of hydrogen-bond acceptors (Lipinski definition) is 2. The minimum absolute atomic E-state index is 0.929. The van der Waals surface area contributed by atoms with Gasteiger partial charge in [0.15, 0.2) is 0 Å². The first-order chi connectivity index (χ1) is 7.77. The molecule has 2 aromatic rings. The maximum Gasteiger partial charge on any atom is 0.0970 e. The van der Waals surface area contributed by atoms with Crippen LogP contribution in [0.4, 0.5) is 0 Å². The van der Waals surface area contributed by atoms with Crippen LogP contribution in [0.15, 0.2) is 42.6 Å². The van der Waals surface area contributed by atoms with E-state index in [-0.39, 0.29) is 0 Å². The molecule has 2 heteroatoms. The van der Waals surface area contributed by atoms with Gasteiger partial charge in [-0.25, -0.2) is 0 Å². The van der Waals surface area contributed by atoms with Gasteiger partial charge in [-0.15, -0.1) is 0 Å². The molecule has 0 bridgehead atoms. The molecule has 0 amide bonds. The fourth-order valence-corrected chi connectivity index (χ4v) is 1.74. The summed E-state index contributed by atoms with van der Waals surface area (Å²) in [5, 5.41) is 0. The summed E-state index contributed by atoms with van der Waals surface area (Å²) in [6.45, 7) is 0.929. The van der Waals surface area contributed by atoms with Crippen molar-refractivity contribution in [2.24, 2.45) is 0 Å². The third kappa shape index (κ3) is 2.47. The van der Waals surface area contributed by atoms with Gasteiger partial charge < -0.3 is 4.90 Å². The standard InChI is InChI=1S/C14H15N2/c1-16(2)11-13-6-3-4-8-14(13)12-7-5-9-15-10-12/h3-9H,11H2,1-2H3. The Balaban J connectivity index is 2.41. The van der Waals surface area contributed by atoms with Gasteiger partial charge >= 0.3 is 0 Å². The summed E-state index contributed by atoms with van der Waals surface area (Å²) in [7, 11) is 4.15. The zero-order chi connectivity index (χ0) is 11.4. The van der Waals surface area contributed by atoms with Crippen LogP contribution in [0.2, 0.25) is 0 Å². The second kappa shape index (κ2) is 4.90.